The van der Waals surface area contributed by atoms with Crippen LogP contribution in [0.3, 0.4) is 0 Å². The Kier molecular flexibility index (Phi) is 5.00. The summed E-state index contributed by atoms with van der Waals surface area (Å²) in [6.07, 6.45) is 0. The Morgan fingerprint density at radius 3 is 2.76 bits per heavy atom. The van der Waals surface area contributed by atoms with E-state index in [0.717, 1.165) is 5.69 Å². The van der Waals surface area contributed by atoms with Crippen molar-refractivity contribution in [3.05, 3.63) is 64.7 Å². The second kappa shape index (κ2) is 7.53. The van der Waals surface area contributed by atoms with Crippen LogP contribution in [0, 0.1) is 10.1 Å². The van der Waals surface area contributed by atoms with Crippen molar-refractivity contribution in [2.45, 2.75) is 5.16 Å². The highest BCUT2D eigenvalue weighted by Crippen LogP contribution is 2.20. The van der Waals surface area contributed by atoms with Crippen molar-refractivity contribution in [2.75, 3.05) is 11.1 Å². The maximum absolute atomic E-state index is 12.1. The number of nitrogens with one attached hydrogen (secondary N) is 1. The minimum absolute atomic E-state index is 0.0654. The zero-order chi connectivity index (χ0) is 17.6. The van der Waals surface area contributed by atoms with Crippen LogP contribution in [0.25, 0.3) is 5.69 Å². The monoisotopic (exact) mass is 356 g/mol. The van der Waals surface area contributed by atoms with E-state index < -0.39 is 4.92 Å². The van der Waals surface area contributed by atoms with Crippen LogP contribution in [-0.4, -0.2) is 36.8 Å². The zero-order valence-electron chi connectivity index (χ0n) is 12.8. The number of hydrogen-bond acceptors (Lipinski definition) is 7. The minimum Gasteiger partial charge on any atom is -0.325 e. The summed E-state index contributed by atoms with van der Waals surface area (Å²) in [4.78, 5) is 22.3. The maximum atomic E-state index is 12.1. The Hall–Kier alpha value is -3.27. The topological polar surface area (TPSA) is 116 Å². The number of aromatic nitrogens is 4. The van der Waals surface area contributed by atoms with Crippen LogP contribution in [0.1, 0.15) is 0 Å². The highest BCUT2D eigenvalue weighted by molar-refractivity contribution is 7.99. The van der Waals surface area contributed by atoms with Gasteiger partial charge in [0, 0.05) is 17.8 Å². The highest BCUT2D eigenvalue weighted by atomic mass is 32.2. The molecule has 9 nitrogen and oxygen atoms in total. The second-order valence-corrected chi connectivity index (χ2v) is 5.80. The lowest BCUT2D eigenvalue weighted by Gasteiger charge is -2.05. The molecule has 0 aliphatic rings. The standard InChI is InChI=1S/C15H12N6O3S/c22-14(16-11-5-4-8-13(9-11)21(23)24)10-25-15-17-18-19-20(15)12-6-2-1-3-7-12/h1-9H,10H2,(H,16,22). The van der Waals surface area contributed by atoms with Gasteiger partial charge in [0.05, 0.1) is 16.4 Å². The first kappa shape index (κ1) is 16.6. The van der Waals surface area contributed by atoms with Gasteiger partial charge in [0.15, 0.2) is 0 Å². The van der Waals surface area contributed by atoms with E-state index in [1.165, 1.54) is 34.6 Å². The third kappa shape index (κ3) is 4.18. The first-order chi connectivity index (χ1) is 12.1. The molecule has 10 heteroatoms. The van der Waals surface area contributed by atoms with Gasteiger partial charge in [-0.1, -0.05) is 36.0 Å². The predicted octanol–water partition coefficient (Wildman–Crippen LogP) is 2.30. The summed E-state index contributed by atoms with van der Waals surface area (Å²) in [5.74, 6) is -0.247. The molecular weight excluding hydrogens is 344 g/mol. The normalized spacial score (nSPS) is 10.4. The molecule has 3 aromatic rings. The number of benzene rings is 2. The fraction of sp³-hybridized carbons (Fsp3) is 0.0667. The number of rotatable bonds is 6. The molecule has 0 fully saturated rings. The Morgan fingerprint density at radius 2 is 2.00 bits per heavy atom. The van der Waals surface area contributed by atoms with E-state index in [0.29, 0.717) is 10.8 Å². The molecular formula is C15H12N6O3S. The number of tetrazole rings is 1. The molecule has 0 spiro atoms. The maximum Gasteiger partial charge on any atom is 0.271 e. The summed E-state index contributed by atoms with van der Waals surface area (Å²) in [6, 6.07) is 15.1. The quantitative estimate of drug-likeness (QED) is 0.409. The van der Waals surface area contributed by atoms with Gasteiger partial charge in [0.25, 0.3) is 5.69 Å². The molecule has 1 aromatic heterocycles. The van der Waals surface area contributed by atoms with Crippen LogP contribution in [0.15, 0.2) is 59.8 Å². The van der Waals surface area contributed by atoms with E-state index in [4.69, 9.17) is 0 Å². The average Bonchev–Trinajstić information content (AvgIpc) is 3.09. The van der Waals surface area contributed by atoms with Gasteiger partial charge < -0.3 is 5.32 Å². The number of thioether (sulfide) groups is 1. The Morgan fingerprint density at radius 1 is 1.20 bits per heavy atom. The molecule has 126 valence electrons. The Labute approximate surface area is 146 Å². The van der Waals surface area contributed by atoms with Gasteiger partial charge in [-0.15, -0.1) is 5.10 Å². The average molecular weight is 356 g/mol. The molecule has 0 aliphatic carbocycles. The summed E-state index contributed by atoms with van der Waals surface area (Å²) >= 11 is 1.17. The van der Waals surface area contributed by atoms with E-state index in [2.05, 4.69) is 20.8 Å². The number of para-hydroxylation sites is 1. The van der Waals surface area contributed by atoms with Crippen molar-refractivity contribution in [3.63, 3.8) is 0 Å². The fourth-order valence-electron chi connectivity index (χ4n) is 2.02. The van der Waals surface area contributed by atoms with Crippen LogP contribution in [0.4, 0.5) is 11.4 Å². The summed E-state index contributed by atoms with van der Waals surface area (Å²) in [6.45, 7) is 0. The number of amides is 1. The molecule has 1 heterocycles. The number of anilines is 1. The van der Waals surface area contributed by atoms with Crippen LogP contribution in [0.2, 0.25) is 0 Å². The largest absolute Gasteiger partial charge is 0.325 e. The Bertz CT molecular complexity index is 899. The molecule has 0 unspecified atom stereocenters. The Balaban J connectivity index is 1.63. The van der Waals surface area contributed by atoms with Crippen LogP contribution in [0.5, 0.6) is 0 Å². The van der Waals surface area contributed by atoms with Gasteiger partial charge in [-0.05, 0) is 28.6 Å². The molecule has 1 amide bonds. The van der Waals surface area contributed by atoms with Gasteiger partial charge >= 0.3 is 0 Å². The summed E-state index contributed by atoms with van der Waals surface area (Å²) in [7, 11) is 0. The molecule has 0 bridgehead atoms. The van der Waals surface area contributed by atoms with Crippen molar-refractivity contribution in [3.8, 4) is 5.69 Å². The predicted molar refractivity (Wildman–Crippen MR) is 91.6 cm³/mol. The third-order valence-corrected chi connectivity index (χ3v) is 4.03. The van der Waals surface area contributed by atoms with Gasteiger partial charge in [-0.25, -0.2) is 0 Å². The lowest BCUT2D eigenvalue weighted by atomic mass is 10.3. The smallest absolute Gasteiger partial charge is 0.271 e. The van der Waals surface area contributed by atoms with Gasteiger partial charge in [0.2, 0.25) is 11.1 Å². The summed E-state index contributed by atoms with van der Waals surface area (Å²) in [5, 5.41) is 25.3. The number of nitrogens with zero attached hydrogens (tertiary/aromatic N) is 5. The molecule has 0 aliphatic heterocycles. The van der Waals surface area contributed by atoms with Crippen molar-refractivity contribution < 1.29 is 9.72 Å². The van der Waals surface area contributed by atoms with E-state index in [1.807, 2.05) is 30.3 Å². The summed E-state index contributed by atoms with van der Waals surface area (Å²) in [5.41, 5.74) is 1.06. The molecule has 0 saturated carbocycles. The van der Waals surface area contributed by atoms with E-state index in [-0.39, 0.29) is 17.3 Å². The third-order valence-electron chi connectivity index (χ3n) is 3.11. The van der Waals surface area contributed by atoms with Gasteiger partial charge in [-0.2, -0.15) is 4.68 Å². The molecule has 0 radical (unpaired) electrons. The first-order valence-corrected chi connectivity index (χ1v) is 8.13. The van der Waals surface area contributed by atoms with E-state index >= 15 is 0 Å². The number of nitro benzene ring substituents is 1. The molecule has 2 aromatic carbocycles. The lowest BCUT2D eigenvalue weighted by Crippen LogP contribution is -2.14. The van der Waals surface area contributed by atoms with Crippen LogP contribution in [-0.2, 0) is 4.79 Å². The van der Waals surface area contributed by atoms with E-state index in [1.54, 1.807) is 6.07 Å². The lowest BCUT2D eigenvalue weighted by molar-refractivity contribution is -0.384. The van der Waals surface area contributed by atoms with Crippen molar-refractivity contribution in [1.29, 1.82) is 0 Å². The summed E-state index contributed by atoms with van der Waals surface area (Å²) < 4.78 is 1.53. The van der Waals surface area contributed by atoms with Crippen molar-refractivity contribution in [1.82, 2.24) is 20.2 Å². The number of nitro groups is 1. The number of non-ortho nitro benzene ring substituents is 1. The molecule has 0 atom stereocenters. The first-order valence-electron chi connectivity index (χ1n) is 7.14. The number of carbonyl (C=O) groups is 1. The van der Waals surface area contributed by atoms with Gasteiger partial charge in [-0.3, -0.25) is 14.9 Å². The van der Waals surface area contributed by atoms with Crippen LogP contribution < -0.4 is 5.32 Å². The second-order valence-electron chi connectivity index (χ2n) is 4.85. The van der Waals surface area contributed by atoms with E-state index in [9.17, 15) is 14.9 Å². The van der Waals surface area contributed by atoms with Crippen molar-refractivity contribution in [2.24, 2.45) is 0 Å². The molecule has 1 N–H and O–H groups in total. The minimum atomic E-state index is -0.515. The van der Waals surface area contributed by atoms with Crippen LogP contribution >= 0.6 is 11.8 Å². The number of hydrogen-bond donors (Lipinski definition) is 1. The number of carbonyl (C=O) groups excluding carboxylic acids is 1. The molecule has 25 heavy (non-hydrogen) atoms. The highest BCUT2D eigenvalue weighted by Gasteiger charge is 2.12. The zero-order valence-corrected chi connectivity index (χ0v) is 13.6. The van der Waals surface area contributed by atoms with Gasteiger partial charge in [0.1, 0.15) is 0 Å². The SMILES string of the molecule is O=C(CSc1nnnn1-c1ccccc1)Nc1cccc([N+](=O)[O-])c1. The molecule has 0 saturated heterocycles. The fourth-order valence-corrected chi connectivity index (χ4v) is 2.72. The van der Waals surface area contributed by atoms with Crippen molar-refractivity contribution >= 4 is 29.0 Å². The molecule has 3 rings (SSSR count).